The molecule has 2 aromatic rings. The van der Waals surface area contributed by atoms with Crippen LogP contribution < -0.4 is 4.74 Å². The Labute approximate surface area is 232 Å². The van der Waals surface area contributed by atoms with Gasteiger partial charge in [-0.1, -0.05) is 64.8 Å². The van der Waals surface area contributed by atoms with Gasteiger partial charge >= 0.3 is 5.97 Å². The molecule has 2 aromatic carbocycles. The van der Waals surface area contributed by atoms with Crippen molar-refractivity contribution in [1.82, 2.24) is 0 Å². The molecule has 4 aliphatic rings. The van der Waals surface area contributed by atoms with Crippen molar-refractivity contribution in [3.63, 3.8) is 0 Å². The minimum absolute atomic E-state index is 0.171. The summed E-state index contributed by atoms with van der Waals surface area (Å²) < 4.78 is 22.5. The minimum atomic E-state index is -0.668. The van der Waals surface area contributed by atoms with Crippen LogP contribution in [0.15, 0.2) is 94.4 Å². The zero-order chi connectivity index (χ0) is 27.0. The molecule has 2 aliphatic carbocycles. The van der Waals surface area contributed by atoms with E-state index < -0.39 is 12.1 Å². The second kappa shape index (κ2) is 10.5. The van der Waals surface area contributed by atoms with Crippen LogP contribution in [0.1, 0.15) is 37.8 Å². The quantitative estimate of drug-likeness (QED) is 0.182. The van der Waals surface area contributed by atoms with E-state index in [9.17, 15) is 4.79 Å². The maximum atomic E-state index is 12.5. The van der Waals surface area contributed by atoms with Gasteiger partial charge in [-0.3, -0.25) is 4.79 Å². The van der Waals surface area contributed by atoms with Crippen molar-refractivity contribution < 1.29 is 28.6 Å². The molecular weight excluding hydrogens is 518 g/mol. The molecule has 2 atom stereocenters. The number of rotatable bonds is 6. The van der Waals surface area contributed by atoms with Gasteiger partial charge in [0.15, 0.2) is 5.79 Å². The minimum Gasteiger partial charge on any atom is -0.465 e. The Hall–Kier alpha value is -3.65. The van der Waals surface area contributed by atoms with Crippen molar-refractivity contribution >= 4 is 29.4 Å². The highest BCUT2D eigenvalue weighted by atomic mass is 35.5. The Kier molecular flexibility index (Phi) is 6.89. The van der Waals surface area contributed by atoms with E-state index in [-0.39, 0.29) is 11.9 Å². The Morgan fingerprint density at radius 1 is 1.13 bits per heavy atom. The van der Waals surface area contributed by atoms with Crippen LogP contribution in [-0.4, -0.2) is 37.5 Å². The lowest BCUT2D eigenvalue weighted by atomic mass is 9.74. The van der Waals surface area contributed by atoms with Crippen LogP contribution in [0.2, 0.25) is 5.02 Å². The van der Waals surface area contributed by atoms with Crippen molar-refractivity contribution in [3.8, 4) is 5.75 Å². The molecule has 1 unspecified atom stereocenters. The highest BCUT2D eigenvalue weighted by molar-refractivity contribution is 6.32. The number of ether oxygens (including phenoxy) is 4. The van der Waals surface area contributed by atoms with Gasteiger partial charge in [0.05, 0.1) is 18.4 Å². The third-order valence-electron chi connectivity index (χ3n) is 7.09. The smallest absolute Gasteiger partial charge is 0.313 e. The molecule has 0 aromatic heterocycles. The van der Waals surface area contributed by atoms with Crippen LogP contribution >= 0.6 is 11.6 Å². The average molecular weight is 546 g/mol. The van der Waals surface area contributed by atoms with Gasteiger partial charge in [-0.25, -0.2) is 0 Å². The molecule has 8 heteroatoms. The number of oxime groups is 1. The van der Waals surface area contributed by atoms with Crippen molar-refractivity contribution in [2.45, 2.75) is 38.8 Å². The zero-order valence-corrected chi connectivity index (χ0v) is 22.4. The number of fused-ring (bicyclic) bond motifs is 1. The molecule has 2 fully saturated rings. The summed E-state index contributed by atoms with van der Waals surface area (Å²) in [6.07, 6.45) is 8.28. The predicted octanol–water partition coefficient (Wildman–Crippen LogP) is 6.35. The molecule has 2 heterocycles. The predicted molar refractivity (Wildman–Crippen MR) is 147 cm³/mol. The van der Waals surface area contributed by atoms with E-state index in [1.54, 1.807) is 12.5 Å². The van der Waals surface area contributed by atoms with E-state index >= 15 is 0 Å². The fourth-order valence-corrected chi connectivity index (χ4v) is 5.49. The highest BCUT2D eigenvalue weighted by Gasteiger charge is 2.40. The molecule has 2 aliphatic heterocycles. The van der Waals surface area contributed by atoms with Crippen molar-refractivity contribution in [1.29, 1.82) is 0 Å². The molecule has 0 N–H and O–H groups in total. The molecule has 0 radical (unpaired) electrons. The summed E-state index contributed by atoms with van der Waals surface area (Å²) in [6, 6.07) is 15.3. The largest absolute Gasteiger partial charge is 0.465 e. The topological polar surface area (TPSA) is 75.6 Å². The average Bonchev–Trinajstić information content (AvgIpc) is 3.47. The molecule has 39 heavy (non-hydrogen) atoms. The van der Waals surface area contributed by atoms with E-state index in [0.29, 0.717) is 36.8 Å². The highest BCUT2D eigenvalue weighted by Crippen LogP contribution is 2.48. The van der Waals surface area contributed by atoms with Gasteiger partial charge in [0.25, 0.3) is 6.29 Å². The van der Waals surface area contributed by atoms with E-state index in [0.717, 1.165) is 33.4 Å². The number of cyclic esters (lactones) is 1. The van der Waals surface area contributed by atoms with Gasteiger partial charge in [-0.2, -0.15) is 0 Å². The molecule has 0 amide bonds. The van der Waals surface area contributed by atoms with Gasteiger partial charge in [0, 0.05) is 10.6 Å². The van der Waals surface area contributed by atoms with E-state index in [1.165, 1.54) is 5.57 Å². The van der Waals surface area contributed by atoms with E-state index in [4.69, 9.17) is 35.4 Å². The van der Waals surface area contributed by atoms with Crippen LogP contribution in [0.5, 0.6) is 5.75 Å². The van der Waals surface area contributed by atoms with Crippen molar-refractivity contribution in [3.05, 3.63) is 105 Å². The SMILES string of the molecule is CC1(C)OC[C@H](ON=Cc2cccc(O/C=C3\C=CC4=C(C3)CC3C(=O)OCC3=C4c3ccccc3Cl)c2)O1. The first-order valence-electron chi connectivity index (χ1n) is 12.9. The summed E-state index contributed by atoms with van der Waals surface area (Å²) in [5.41, 5.74) is 7.07. The number of esters is 1. The Bertz CT molecular complexity index is 1470. The van der Waals surface area contributed by atoms with Crippen LogP contribution in [-0.2, 0) is 23.8 Å². The number of halogens is 1. The summed E-state index contributed by atoms with van der Waals surface area (Å²) in [7, 11) is 0. The molecule has 0 spiro atoms. The van der Waals surface area contributed by atoms with Gasteiger partial charge < -0.3 is 23.8 Å². The first kappa shape index (κ1) is 25.6. The summed E-state index contributed by atoms with van der Waals surface area (Å²) >= 11 is 6.58. The first-order valence-corrected chi connectivity index (χ1v) is 13.3. The number of carbonyl (C=O) groups is 1. The van der Waals surface area contributed by atoms with Crippen molar-refractivity contribution in [2.75, 3.05) is 13.2 Å². The van der Waals surface area contributed by atoms with Crippen LogP contribution in [0, 0.1) is 5.92 Å². The fourth-order valence-electron chi connectivity index (χ4n) is 5.25. The molecule has 0 saturated carbocycles. The van der Waals surface area contributed by atoms with Gasteiger partial charge in [0.2, 0.25) is 0 Å². The Morgan fingerprint density at radius 3 is 2.82 bits per heavy atom. The maximum absolute atomic E-state index is 12.5. The van der Waals surface area contributed by atoms with Crippen LogP contribution in [0.4, 0.5) is 0 Å². The molecule has 6 rings (SSSR count). The second-order valence-electron chi connectivity index (χ2n) is 10.3. The molecular formula is C31H28ClNO6. The number of hydrogen-bond acceptors (Lipinski definition) is 7. The summed E-state index contributed by atoms with van der Waals surface area (Å²) in [4.78, 5) is 17.9. The first-order chi connectivity index (χ1) is 18.9. The normalized spacial score (nSPS) is 24.8. The van der Waals surface area contributed by atoms with Crippen LogP contribution in [0.3, 0.4) is 0 Å². The second-order valence-corrected chi connectivity index (χ2v) is 10.7. The molecule has 2 saturated heterocycles. The number of hydrogen-bond donors (Lipinski definition) is 0. The lowest BCUT2D eigenvalue weighted by Crippen LogP contribution is -2.21. The molecule has 0 bridgehead atoms. The van der Waals surface area contributed by atoms with Crippen LogP contribution in [0.25, 0.3) is 5.57 Å². The standard InChI is InChI=1S/C31H28ClNO6/c1-31(2)37-18-28(38-31)39-33-15-19-6-5-7-22(13-19)35-16-20-10-11-23-21(12-20)14-25-26(17-36-30(25)34)29(23)24-8-3-4-9-27(24)32/h3-11,13,15-16,25,28H,12,14,17-18H2,1-2H3/b20-16+,33-15?/t25?,28-/m0/s1. The number of allylic oxidation sites excluding steroid dienone is 6. The Morgan fingerprint density at radius 2 is 2.00 bits per heavy atom. The summed E-state index contributed by atoms with van der Waals surface area (Å²) in [5.74, 6) is -0.438. The third kappa shape index (κ3) is 5.43. The van der Waals surface area contributed by atoms with Gasteiger partial charge in [0.1, 0.15) is 19.0 Å². The van der Waals surface area contributed by atoms with E-state index in [2.05, 4.69) is 17.3 Å². The maximum Gasteiger partial charge on any atom is 0.313 e. The third-order valence-corrected chi connectivity index (χ3v) is 7.42. The Balaban J connectivity index is 1.16. The van der Waals surface area contributed by atoms with Crippen molar-refractivity contribution in [2.24, 2.45) is 11.1 Å². The number of nitrogens with zero attached hydrogens (tertiary/aromatic N) is 1. The molecule has 7 nitrogen and oxygen atoms in total. The van der Waals surface area contributed by atoms with Gasteiger partial charge in [-0.05, 0) is 72.7 Å². The lowest BCUT2D eigenvalue weighted by Gasteiger charge is -2.29. The summed E-state index contributed by atoms with van der Waals surface area (Å²) in [5, 5.41) is 4.69. The van der Waals surface area contributed by atoms with Gasteiger partial charge in [-0.15, -0.1) is 0 Å². The van der Waals surface area contributed by atoms with E-state index in [1.807, 2.05) is 62.4 Å². The fraction of sp³-hybridized carbons (Fsp3) is 0.290. The monoisotopic (exact) mass is 545 g/mol. The molecule has 200 valence electrons. The number of benzene rings is 2. The number of carbonyl (C=O) groups excluding carboxylic acids is 1. The summed E-state index contributed by atoms with van der Waals surface area (Å²) in [6.45, 7) is 4.30. The lowest BCUT2D eigenvalue weighted by molar-refractivity contribution is -0.190. The zero-order valence-electron chi connectivity index (χ0n) is 21.7.